The van der Waals surface area contributed by atoms with Gasteiger partial charge in [-0.25, -0.2) is 4.79 Å². The number of hydrogen-bond acceptors (Lipinski definition) is 5. The van der Waals surface area contributed by atoms with E-state index in [-0.39, 0.29) is 30.9 Å². The van der Waals surface area contributed by atoms with Crippen molar-refractivity contribution < 1.29 is 23.9 Å². The van der Waals surface area contributed by atoms with Crippen LogP contribution in [0.4, 0.5) is 4.79 Å². The van der Waals surface area contributed by atoms with Gasteiger partial charge in [0.1, 0.15) is 17.5 Å². The van der Waals surface area contributed by atoms with Gasteiger partial charge in [0.2, 0.25) is 5.91 Å². The first kappa shape index (κ1) is 28.2. The third-order valence-electron chi connectivity index (χ3n) is 7.99. The molecule has 3 aliphatic rings. The molecule has 0 unspecified atom stereocenters. The Morgan fingerprint density at radius 2 is 1.67 bits per heavy atom. The highest BCUT2D eigenvalue weighted by molar-refractivity contribution is 6.03. The maximum absolute atomic E-state index is 14.4. The Bertz CT molecular complexity index is 1530. The molecule has 43 heavy (non-hydrogen) atoms. The number of amides is 4. The summed E-state index contributed by atoms with van der Waals surface area (Å²) in [4.78, 5) is 46.8. The fraction of sp³-hybridized carbons (Fsp3) is 0.265. The second-order valence-electron chi connectivity index (χ2n) is 10.7. The van der Waals surface area contributed by atoms with Crippen LogP contribution in [0.5, 0.6) is 11.5 Å². The highest BCUT2D eigenvalue weighted by Crippen LogP contribution is 2.39. The van der Waals surface area contributed by atoms with Crippen molar-refractivity contribution in [2.24, 2.45) is 0 Å². The molecular weight excluding hydrogens is 544 g/mol. The van der Waals surface area contributed by atoms with Crippen molar-refractivity contribution in [1.82, 2.24) is 20.0 Å². The monoisotopic (exact) mass is 578 g/mol. The van der Waals surface area contributed by atoms with Crippen LogP contribution in [0.1, 0.15) is 17.2 Å². The van der Waals surface area contributed by atoms with Gasteiger partial charge >= 0.3 is 6.03 Å². The molecule has 3 aromatic carbocycles. The number of ether oxygens (including phenoxy) is 2. The highest BCUT2D eigenvalue weighted by atomic mass is 16.5. The van der Waals surface area contributed by atoms with Gasteiger partial charge in [0.05, 0.1) is 37.1 Å². The summed E-state index contributed by atoms with van der Waals surface area (Å²) in [5, 5.41) is 3.03. The van der Waals surface area contributed by atoms with E-state index in [1.165, 1.54) is 0 Å². The molecule has 9 nitrogen and oxygen atoms in total. The van der Waals surface area contributed by atoms with Gasteiger partial charge in [-0.15, -0.1) is 6.58 Å². The number of carbonyl (C=O) groups is 3. The van der Waals surface area contributed by atoms with Crippen LogP contribution in [0.2, 0.25) is 0 Å². The first-order valence-corrected chi connectivity index (χ1v) is 14.5. The standard InChI is InChI=1S/C34H34N4O5/c1-2-16-37-29-23-38(28(21-24-10-5-3-6-11-24)32(39)36-17-19-42-20-18-36)33(40)30(29)31(35-34(37)41)25-12-9-15-27(22-25)43-26-13-7-4-8-14-26/h2-15,22,28,31H,1,16-21,23H2,(H,35,41)/t28-,31-/m0/s1. The molecule has 0 aliphatic carbocycles. The molecule has 3 aromatic rings. The Kier molecular flexibility index (Phi) is 8.24. The van der Waals surface area contributed by atoms with E-state index in [0.29, 0.717) is 61.1 Å². The van der Waals surface area contributed by atoms with Crippen molar-refractivity contribution in [3.05, 3.63) is 120 Å². The molecule has 3 heterocycles. The first-order valence-electron chi connectivity index (χ1n) is 14.5. The van der Waals surface area contributed by atoms with Crippen LogP contribution in [-0.2, 0) is 20.7 Å². The van der Waals surface area contributed by atoms with E-state index >= 15 is 0 Å². The molecule has 0 spiro atoms. The molecule has 220 valence electrons. The van der Waals surface area contributed by atoms with E-state index in [2.05, 4.69) is 11.9 Å². The number of nitrogens with one attached hydrogen (secondary N) is 1. The van der Waals surface area contributed by atoms with Gasteiger partial charge in [-0.2, -0.15) is 0 Å². The quantitative estimate of drug-likeness (QED) is 0.383. The Morgan fingerprint density at radius 1 is 0.977 bits per heavy atom. The van der Waals surface area contributed by atoms with Crippen molar-refractivity contribution in [2.75, 3.05) is 39.4 Å². The van der Waals surface area contributed by atoms with Crippen LogP contribution in [0.25, 0.3) is 0 Å². The maximum atomic E-state index is 14.4. The number of urea groups is 1. The summed E-state index contributed by atoms with van der Waals surface area (Å²) in [5.74, 6) is 0.869. The van der Waals surface area contributed by atoms with Gasteiger partial charge in [-0.05, 0) is 35.4 Å². The van der Waals surface area contributed by atoms with E-state index in [1.54, 1.807) is 20.8 Å². The lowest BCUT2D eigenvalue weighted by Gasteiger charge is -2.35. The molecule has 0 bridgehead atoms. The van der Waals surface area contributed by atoms with Gasteiger partial charge < -0.3 is 24.6 Å². The van der Waals surface area contributed by atoms with Crippen LogP contribution < -0.4 is 10.1 Å². The van der Waals surface area contributed by atoms with Crippen LogP contribution in [0.15, 0.2) is 109 Å². The fourth-order valence-corrected chi connectivity index (χ4v) is 5.88. The number of carbonyl (C=O) groups excluding carboxylic acids is 3. The summed E-state index contributed by atoms with van der Waals surface area (Å²) < 4.78 is 11.5. The molecule has 1 fully saturated rings. The predicted octanol–water partition coefficient (Wildman–Crippen LogP) is 4.30. The first-order chi connectivity index (χ1) is 21.0. The zero-order valence-electron chi connectivity index (χ0n) is 23.9. The van der Waals surface area contributed by atoms with Gasteiger partial charge in [-0.1, -0.05) is 66.7 Å². The fourth-order valence-electron chi connectivity index (χ4n) is 5.88. The molecule has 9 heteroatoms. The maximum Gasteiger partial charge on any atom is 0.322 e. The van der Waals surface area contributed by atoms with Crippen LogP contribution in [0, 0.1) is 0 Å². The summed E-state index contributed by atoms with van der Waals surface area (Å²) >= 11 is 0. The number of morpholine rings is 1. The average Bonchev–Trinajstić information content (AvgIpc) is 3.38. The van der Waals surface area contributed by atoms with Gasteiger partial charge in [0.15, 0.2) is 0 Å². The summed E-state index contributed by atoms with van der Waals surface area (Å²) in [6, 6.07) is 24.7. The second-order valence-corrected chi connectivity index (χ2v) is 10.7. The number of rotatable bonds is 9. The lowest BCUT2D eigenvalue weighted by molar-refractivity contribution is -0.145. The van der Waals surface area contributed by atoms with Crippen molar-refractivity contribution in [3.63, 3.8) is 0 Å². The van der Waals surface area contributed by atoms with E-state index in [4.69, 9.17) is 9.47 Å². The van der Waals surface area contributed by atoms with E-state index in [1.807, 2.05) is 84.9 Å². The van der Waals surface area contributed by atoms with Crippen LogP contribution in [0.3, 0.4) is 0 Å². The minimum absolute atomic E-state index is 0.121. The van der Waals surface area contributed by atoms with Crippen LogP contribution in [-0.4, -0.2) is 78.0 Å². The number of nitrogens with zero attached hydrogens (tertiary/aromatic N) is 3. The normalized spacial score (nSPS) is 19.2. The predicted molar refractivity (Wildman–Crippen MR) is 161 cm³/mol. The molecular formula is C34H34N4O5. The number of benzene rings is 3. The number of hydrogen-bond donors (Lipinski definition) is 1. The molecule has 1 N–H and O–H groups in total. The molecule has 6 rings (SSSR count). The Balaban J connectivity index is 1.35. The molecule has 2 atom stereocenters. The summed E-state index contributed by atoms with van der Waals surface area (Å²) in [5.41, 5.74) is 2.69. The molecule has 4 amide bonds. The zero-order chi connectivity index (χ0) is 29.8. The van der Waals surface area contributed by atoms with Crippen molar-refractivity contribution in [3.8, 4) is 11.5 Å². The molecule has 0 radical (unpaired) electrons. The minimum atomic E-state index is -0.743. The topological polar surface area (TPSA) is 91.4 Å². The summed E-state index contributed by atoms with van der Waals surface area (Å²) in [6.07, 6.45) is 1.99. The zero-order valence-corrected chi connectivity index (χ0v) is 23.9. The third kappa shape index (κ3) is 5.89. The van der Waals surface area contributed by atoms with Crippen LogP contribution >= 0.6 is 0 Å². The number of para-hydroxylation sites is 1. The van der Waals surface area contributed by atoms with Crippen molar-refractivity contribution in [2.45, 2.75) is 18.5 Å². The Hall–Kier alpha value is -4.89. The smallest absolute Gasteiger partial charge is 0.322 e. The highest BCUT2D eigenvalue weighted by Gasteiger charge is 2.47. The van der Waals surface area contributed by atoms with Gasteiger partial charge in [0.25, 0.3) is 5.91 Å². The summed E-state index contributed by atoms with van der Waals surface area (Å²) in [7, 11) is 0. The Labute approximate surface area is 251 Å². The van der Waals surface area contributed by atoms with E-state index in [9.17, 15) is 14.4 Å². The minimum Gasteiger partial charge on any atom is -0.457 e. The van der Waals surface area contributed by atoms with Crippen molar-refractivity contribution in [1.29, 1.82) is 0 Å². The molecule has 3 aliphatic heterocycles. The van der Waals surface area contributed by atoms with Gasteiger partial charge in [0, 0.05) is 26.1 Å². The average molecular weight is 579 g/mol. The second kappa shape index (κ2) is 12.5. The Morgan fingerprint density at radius 3 is 2.40 bits per heavy atom. The van der Waals surface area contributed by atoms with E-state index < -0.39 is 12.1 Å². The molecule has 1 saturated heterocycles. The lowest BCUT2D eigenvalue weighted by Crippen LogP contribution is -2.53. The van der Waals surface area contributed by atoms with Gasteiger partial charge in [-0.3, -0.25) is 14.5 Å². The lowest BCUT2D eigenvalue weighted by atomic mass is 9.95. The largest absolute Gasteiger partial charge is 0.457 e. The molecule has 0 aromatic heterocycles. The third-order valence-corrected chi connectivity index (χ3v) is 7.99. The van der Waals surface area contributed by atoms with E-state index in [0.717, 1.165) is 5.56 Å². The SMILES string of the molecule is C=CCN1C(=O)N[C@@H](c2cccc(Oc3ccccc3)c2)C2=C1CN([C@@H](Cc1ccccc1)C(=O)N1CCOCC1)C2=O. The summed E-state index contributed by atoms with van der Waals surface area (Å²) in [6.45, 7) is 6.05. The van der Waals surface area contributed by atoms with Crippen molar-refractivity contribution >= 4 is 17.8 Å². The molecule has 0 saturated carbocycles.